The van der Waals surface area contributed by atoms with E-state index in [2.05, 4.69) is 50.2 Å². The van der Waals surface area contributed by atoms with E-state index in [4.69, 9.17) is 4.74 Å². The van der Waals surface area contributed by atoms with Crippen LogP contribution in [-0.2, 0) is 11.3 Å². The number of rotatable bonds is 7. The Kier molecular flexibility index (Phi) is 7.13. The lowest BCUT2D eigenvalue weighted by Gasteiger charge is -2.35. The van der Waals surface area contributed by atoms with Crippen molar-refractivity contribution in [3.05, 3.63) is 65.7 Å². The number of carbonyl (C=O) groups is 1. The van der Waals surface area contributed by atoms with Gasteiger partial charge in [-0.3, -0.25) is 4.79 Å². The molecular formula is C25H33NO2. The Morgan fingerprint density at radius 3 is 2.64 bits per heavy atom. The van der Waals surface area contributed by atoms with Gasteiger partial charge in [0.25, 0.3) is 0 Å². The van der Waals surface area contributed by atoms with Crippen LogP contribution in [0, 0.1) is 18.8 Å². The third-order valence-electron chi connectivity index (χ3n) is 5.93. The normalized spacial score (nSPS) is 20.4. The Labute approximate surface area is 169 Å². The molecule has 2 aromatic carbocycles. The van der Waals surface area contributed by atoms with Gasteiger partial charge in [-0.1, -0.05) is 49.4 Å². The minimum Gasteiger partial charge on any atom is -0.490 e. The predicted molar refractivity (Wildman–Crippen MR) is 114 cm³/mol. The number of benzene rings is 2. The molecule has 3 rings (SSSR count). The van der Waals surface area contributed by atoms with Crippen LogP contribution in [0.5, 0.6) is 5.75 Å². The fourth-order valence-corrected chi connectivity index (χ4v) is 4.29. The van der Waals surface area contributed by atoms with Crippen LogP contribution in [0.15, 0.2) is 54.6 Å². The van der Waals surface area contributed by atoms with Crippen molar-refractivity contribution in [3.8, 4) is 5.75 Å². The molecule has 0 spiro atoms. The first-order valence-corrected chi connectivity index (χ1v) is 10.5. The Hall–Kier alpha value is -2.29. The molecule has 0 saturated heterocycles. The van der Waals surface area contributed by atoms with Crippen LogP contribution in [0.25, 0.3) is 0 Å². The summed E-state index contributed by atoms with van der Waals surface area (Å²) < 4.78 is 6.28. The molecule has 150 valence electrons. The molecule has 1 aliphatic rings. The van der Waals surface area contributed by atoms with E-state index in [-0.39, 0.29) is 12.0 Å². The third kappa shape index (κ3) is 5.85. The van der Waals surface area contributed by atoms with Gasteiger partial charge in [0.15, 0.2) is 0 Å². The number of carbonyl (C=O) groups excluding carboxylic acids is 1. The van der Waals surface area contributed by atoms with Gasteiger partial charge in [0.05, 0.1) is 6.10 Å². The standard InChI is InChI=1S/C25H33NO2/c1-19-9-7-13-24(15-19)28-25-14-8-12-23(16-25)20(2)17-26(21(3)27)18-22-10-5-4-6-11-22/h4-7,9-11,13,15,20,23,25H,8,12,14,16-18H2,1-3H3/t20?,23-,25+/m0/s1. The zero-order valence-electron chi connectivity index (χ0n) is 17.4. The molecule has 1 amide bonds. The molecule has 1 aliphatic carbocycles. The van der Waals surface area contributed by atoms with Gasteiger partial charge < -0.3 is 9.64 Å². The molecule has 3 nitrogen and oxygen atoms in total. The van der Waals surface area contributed by atoms with Crippen LogP contribution < -0.4 is 4.74 Å². The van der Waals surface area contributed by atoms with Crippen LogP contribution in [0.2, 0.25) is 0 Å². The molecule has 0 bridgehead atoms. The van der Waals surface area contributed by atoms with Crippen molar-refractivity contribution in [2.24, 2.45) is 11.8 Å². The molecule has 3 atom stereocenters. The molecular weight excluding hydrogens is 346 g/mol. The summed E-state index contributed by atoms with van der Waals surface area (Å²) in [6.45, 7) is 7.57. The van der Waals surface area contributed by atoms with Crippen LogP contribution in [0.3, 0.4) is 0 Å². The summed E-state index contributed by atoms with van der Waals surface area (Å²) in [6.07, 6.45) is 4.91. The van der Waals surface area contributed by atoms with Crippen molar-refractivity contribution >= 4 is 5.91 Å². The second kappa shape index (κ2) is 9.77. The number of hydrogen-bond acceptors (Lipinski definition) is 2. The maximum absolute atomic E-state index is 12.2. The molecule has 2 aromatic rings. The largest absolute Gasteiger partial charge is 0.490 e. The van der Waals surface area contributed by atoms with E-state index in [9.17, 15) is 4.79 Å². The topological polar surface area (TPSA) is 29.5 Å². The van der Waals surface area contributed by atoms with Gasteiger partial charge in [-0.2, -0.15) is 0 Å². The summed E-state index contributed by atoms with van der Waals surface area (Å²) in [5.41, 5.74) is 2.42. The number of ether oxygens (including phenoxy) is 1. The highest BCUT2D eigenvalue weighted by Gasteiger charge is 2.29. The third-order valence-corrected chi connectivity index (χ3v) is 5.93. The van der Waals surface area contributed by atoms with Crippen molar-refractivity contribution in [1.29, 1.82) is 0 Å². The van der Waals surface area contributed by atoms with E-state index in [1.165, 1.54) is 24.0 Å². The van der Waals surface area contributed by atoms with E-state index in [1.54, 1.807) is 6.92 Å². The highest BCUT2D eigenvalue weighted by molar-refractivity contribution is 5.73. The summed E-state index contributed by atoms with van der Waals surface area (Å²) in [7, 11) is 0. The molecule has 3 heteroatoms. The highest BCUT2D eigenvalue weighted by atomic mass is 16.5. The number of aryl methyl sites for hydroxylation is 1. The maximum Gasteiger partial charge on any atom is 0.219 e. The van der Waals surface area contributed by atoms with Gasteiger partial charge >= 0.3 is 0 Å². The first-order chi connectivity index (χ1) is 13.5. The Morgan fingerprint density at radius 2 is 1.93 bits per heavy atom. The fraction of sp³-hybridized carbons (Fsp3) is 0.480. The highest BCUT2D eigenvalue weighted by Crippen LogP contribution is 2.33. The van der Waals surface area contributed by atoms with Crippen molar-refractivity contribution in [2.45, 2.75) is 59.1 Å². The summed E-state index contributed by atoms with van der Waals surface area (Å²) in [5.74, 6) is 2.20. The summed E-state index contributed by atoms with van der Waals surface area (Å²) in [4.78, 5) is 14.2. The van der Waals surface area contributed by atoms with Crippen LogP contribution in [0.1, 0.15) is 50.7 Å². The molecule has 1 fully saturated rings. The SMILES string of the molecule is CC(=O)N(Cc1ccccc1)CC(C)[C@H]1CCC[C@@H](Oc2cccc(C)c2)C1. The molecule has 0 aliphatic heterocycles. The zero-order chi connectivity index (χ0) is 19.9. The Morgan fingerprint density at radius 1 is 1.14 bits per heavy atom. The van der Waals surface area contributed by atoms with Crippen molar-refractivity contribution in [3.63, 3.8) is 0 Å². The van der Waals surface area contributed by atoms with Crippen LogP contribution >= 0.6 is 0 Å². The molecule has 28 heavy (non-hydrogen) atoms. The van der Waals surface area contributed by atoms with E-state index in [0.717, 1.165) is 25.1 Å². The Balaban J connectivity index is 1.57. The predicted octanol–water partition coefficient (Wildman–Crippen LogP) is 5.62. The molecule has 1 saturated carbocycles. The minimum atomic E-state index is 0.152. The van der Waals surface area contributed by atoms with E-state index >= 15 is 0 Å². The number of amides is 1. The average molecular weight is 380 g/mol. The number of hydrogen-bond donors (Lipinski definition) is 0. The molecule has 1 unspecified atom stereocenters. The van der Waals surface area contributed by atoms with Gasteiger partial charge in [0, 0.05) is 20.0 Å². The van der Waals surface area contributed by atoms with Gasteiger partial charge in [-0.25, -0.2) is 0 Å². The molecule has 0 radical (unpaired) electrons. The van der Waals surface area contributed by atoms with Gasteiger partial charge in [-0.15, -0.1) is 0 Å². The van der Waals surface area contributed by atoms with E-state index in [0.29, 0.717) is 18.4 Å². The van der Waals surface area contributed by atoms with Crippen molar-refractivity contribution in [1.82, 2.24) is 4.90 Å². The van der Waals surface area contributed by atoms with E-state index in [1.807, 2.05) is 23.1 Å². The first-order valence-electron chi connectivity index (χ1n) is 10.5. The Bertz CT molecular complexity index is 758. The van der Waals surface area contributed by atoms with Crippen LogP contribution in [0.4, 0.5) is 0 Å². The first kappa shape index (κ1) is 20.4. The second-order valence-electron chi connectivity index (χ2n) is 8.35. The molecule has 0 heterocycles. The number of nitrogens with zero attached hydrogens (tertiary/aromatic N) is 1. The van der Waals surface area contributed by atoms with Crippen LogP contribution in [-0.4, -0.2) is 23.5 Å². The average Bonchev–Trinajstić information content (AvgIpc) is 2.68. The lowest BCUT2D eigenvalue weighted by atomic mass is 9.79. The lowest BCUT2D eigenvalue weighted by molar-refractivity contribution is -0.130. The minimum absolute atomic E-state index is 0.152. The second-order valence-corrected chi connectivity index (χ2v) is 8.35. The lowest BCUT2D eigenvalue weighted by Crippen LogP contribution is -2.37. The van der Waals surface area contributed by atoms with Gasteiger partial charge in [0.2, 0.25) is 5.91 Å². The molecule has 0 aromatic heterocycles. The maximum atomic E-state index is 12.2. The summed E-state index contributed by atoms with van der Waals surface area (Å²) in [5, 5.41) is 0. The van der Waals surface area contributed by atoms with Crippen molar-refractivity contribution in [2.75, 3.05) is 6.54 Å². The molecule has 0 N–H and O–H groups in total. The summed E-state index contributed by atoms with van der Waals surface area (Å²) in [6, 6.07) is 18.6. The van der Waals surface area contributed by atoms with Crippen molar-refractivity contribution < 1.29 is 9.53 Å². The van der Waals surface area contributed by atoms with E-state index < -0.39 is 0 Å². The van der Waals surface area contributed by atoms with Gasteiger partial charge in [0.1, 0.15) is 5.75 Å². The monoisotopic (exact) mass is 379 g/mol. The zero-order valence-corrected chi connectivity index (χ0v) is 17.4. The quantitative estimate of drug-likeness (QED) is 0.625. The van der Waals surface area contributed by atoms with Gasteiger partial charge in [-0.05, 0) is 67.7 Å². The smallest absolute Gasteiger partial charge is 0.219 e. The fourth-order valence-electron chi connectivity index (χ4n) is 4.29. The summed E-state index contributed by atoms with van der Waals surface area (Å²) >= 11 is 0.